The standard InChI is InChI=1S/C20H28O5S/c1-15-2-5-18(26(21,22)23)17(12-15)14-19(13-16-3-4-16)6-8-20(9-7-19)24-10-11-25-20/h2,5,12,16H,3-4,6-11,13-14H2,1H3,(H,21,22,23). The number of rotatable bonds is 5. The molecule has 1 aromatic rings. The van der Waals surface area contributed by atoms with Crippen molar-refractivity contribution < 1.29 is 22.4 Å². The summed E-state index contributed by atoms with van der Waals surface area (Å²) in [7, 11) is -4.21. The molecule has 1 aliphatic heterocycles. The third-order valence-electron chi connectivity index (χ3n) is 6.36. The number of ether oxygens (including phenoxy) is 2. The van der Waals surface area contributed by atoms with E-state index in [1.165, 1.54) is 12.8 Å². The lowest BCUT2D eigenvalue weighted by Gasteiger charge is -2.44. The van der Waals surface area contributed by atoms with E-state index in [9.17, 15) is 13.0 Å². The molecule has 2 saturated carbocycles. The molecule has 3 fully saturated rings. The first kappa shape index (κ1) is 18.4. The summed E-state index contributed by atoms with van der Waals surface area (Å²) >= 11 is 0. The van der Waals surface area contributed by atoms with Crippen LogP contribution in [-0.2, 0) is 26.0 Å². The minimum absolute atomic E-state index is 0.0620. The van der Waals surface area contributed by atoms with Gasteiger partial charge in [0.2, 0.25) is 0 Å². The zero-order chi connectivity index (χ0) is 18.4. The van der Waals surface area contributed by atoms with Crippen molar-refractivity contribution in [2.75, 3.05) is 13.2 Å². The molecule has 5 nitrogen and oxygen atoms in total. The quantitative estimate of drug-likeness (QED) is 0.785. The van der Waals surface area contributed by atoms with Gasteiger partial charge >= 0.3 is 0 Å². The van der Waals surface area contributed by atoms with Crippen molar-refractivity contribution in [3.05, 3.63) is 29.3 Å². The fraction of sp³-hybridized carbons (Fsp3) is 0.700. The molecule has 1 N–H and O–H groups in total. The lowest BCUT2D eigenvalue weighted by molar-refractivity contribution is -0.192. The number of aryl methyl sites for hydroxylation is 1. The Balaban J connectivity index is 1.61. The van der Waals surface area contributed by atoms with Gasteiger partial charge in [-0.1, -0.05) is 30.5 Å². The summed E-state index contributed by atoms with van der Waals surface area (Å²) in [6, 6.07) is 5.21. The van der Waals surface area contributed by atoms with Crippen LogP contribution in [-0.4, -0.2) is 32.0 Å². The smallest absolute Gasteiger partial charge is 0.294 e. The van der Waals surface area contributed by atoms with Gasteiger partial charge in [0.05, 0.1) is 18.1 Å². The molecule has 3 aliphatic rings. The van der Waals surface area contributed by atoms with Crippen LogP contribution in [0, 0.1) is 18.3 Å². The molecule has 26 heavy (non-hydrogen) atoms. The molecule has 0 unspecified atom stereocenters. The highest BCUT2D eigenvalue weighted by Crippen LogP contribution is 2.53. The van der Waals surface area contributed by atoms with E-state index in [0.717, 1.165) is 49.1 Å². The van der Waals surface area contributed by atoms with Crippen molar-refractivity contribution in [3.8, 4) is 0 Å². The maximum atomic E-state index is 11.9. The Bertz CT molecular complexity index is 765. The van der Waals surface area contributed by atoms with Gasteiger partial charge < -0.3 is 9.47 Å². The molecule has 0 bridgehead atoms. The maximum Gasteiger partial charge on any atom is 0.294 e. The molecule has 144 valence electrons. The molecule has 1 aromatic carbocycles. The minimum Gasteiger partial charge on any atom is -0.348 e. The van der Waals surface area contributed by atoms with Crippen molar-refractivity contribution in [2.45, 2.75) is 69.0 Å². The van der Waals surface area contributed by atoms with Crippen LogP contribution in [0.15, 0.2) is 23.1 Å². The second-order valence-electron chi connectivity index (χ2n) is 8.52. The molecule has 0 radical (unpaired) electrons. The van der Waals surface area contributed by atoms with Crippen LogP contribution in [0.5, 0.6) is 0 Å². The van der Waals surface area contributed by atoms with Crippen molar-refractivity contribution in [1.29, 1.82) is 0 Å². The summed E-state index contributed by atoms with van der Waals surface area (Å²) in [5, 5.41) is 0. The van der Waals surface area contributed by atoms with E-state index in [1.54, 1.807) is 12.1 Å². The Labute approximate surface area is 155 Å². The van der Waals surface area contributed by atoms with Crippen molar-refractivity contribution in [3.63, 3.8) is 0 Å². The molecule has 1 heterocycles. The SMILES string of the molecule is Cc1ccc(S(=O)(=O)O)c(CC2(CC3CC3)CCC3(CC2)OCCO3)c1. The molecular formula is C20H28O5S. The first-order chi connectivity index (χ1) is 12.3. The first-order valence-electron chi connectivity index (χ1n) is 9.64. The summed E-state index contributed by atoms with van der Waals surface area (Å²) in [4.78, 5) is 0.0620. The second kappa shape index (κ2) is 6.59. The van der Waals surface area contributed by atoms with E-state index in [4.69, 9.17) is 9.47 Å². The van der Waals surface area contributed by atoms with Gasteiger partial charge in [-0.2, -0.15) is 8.42 Å². The molecule has 1 spiro atoms. The summed E-state index contributed by atoms with van der Waals surface area (Å²) in [5.74, 6) is 0.347. The van der Waals surface area contributed by atoms with Crippen LogP contribution >= 0.6 is 0 Å². The largest absolute Gasteiger partial charge is 0.348 e. The fourth-order valence-electron chi connectivity index (χ4n) is 4.84. The molecule has 1 saturated heterocycles. The van der Waals surface area contributed by atoms with Gasteiger partial charge in [0.1, 0.15) is 0 Å². The van der Waals surface area contributed by atoms with Gasteiger partial charge in [0.25, 0.3) is 10.1 Å². The van der Waals surface area contributed by atoms with E-state index < -0.39 is 15.9 Å². The summed E-state index contributed by atoms with van der Waals surface area (Å²) in [6.07, 6.45) is 8.06. The van der Waals surface area contributed by atoms with E-state index in [1.807, 2.05) is 13.0 Å². The van der Waals surface area contributed by atoms with Gasteiger partial charge in [-0.25, -0.2) is 0 Å². The highest BCUT2D eigenvalue weighted by atomic mass is 32.2. The van der Waals surface area contributed by atoms with Crippen LogP contribution in [0.2, 0.25) is 0 Å². The average molecular weight is 381 g/mol. The topological polar surface area (TPSA) is 72.8 Å². The second-order valence-corrected chi connectivity index (χ2v) is 9.91. The molecule has 0 amide bonds. The molecule has 2 aliphatic carbocycles. The van der Waals surface area contributed by atoms with Gasteiger partial charge in [0, 0.05) is 12.8 Å². The minimum atomic E-state index is -4.21. The van der Waals surface area contributed by atoms with Gasteiger partial charge in [-0.05, 0) is 55.6 Å². The van der Waals surface area contributed by atoms with Crippen LogP contribution in [0.3, 0.4) is 0 Å². The number of hydrogen-bond acceptors (Lipinski definition) is 4. The Morgan fingerprint density at radius 3 is 2.35 bits per heavy atom. The predicted molar refractivity (Wildman–Crippen MR) is 97.6 cm³/mol. The average Bonchev–Trinajstić information content (AvgIpc) is 3.26. The Morgan fingerprint density at radius 1 is 1.12 bits per heavy atom. The van der Waals surface area contributed by atoms with Crippen LogP contribution in [0.1, 0.15) is 56.1 Å². The monoisotopic (exact) mass is 380 g/mol. The van der Waals surface area contributed by atoms with Gasteiger partial charge in [-0.3, -0.25) is 4.55 Å². The van der Waals surface area contributed by atoms with Crippen molar-refractivity contribution in [2.24, 2.45) is 11.3 Å². The zero-order valence-electron chi connectivity index (χ0n) is 15.4. The van der Waals surface area contributed by atoms with Gasteiger partial charge in [-0.15, -0.1) is 0 Å². The van der Waals surface area contributed by atoms with Crippen molar-refractivity contribution in [1.82, 2.24) is 0 Å². The lowest BCUT2D eigenvalue weighted by atomic mass is 9.66. The van der Waals surface area contributed by atoms with Crippen LogP contribution in [0.25, 0.3) is 0 Å². The first-order valence-corrected chi connectivity index (χ1v) is 11.1. The van der Waals surface area contributed by atoms with E-state index >= 15 is 0 Å². The van der Waals surface area contributed by atoms with E-state index in [0.29, 0.717) is 19.6 Å². The Hall–Kier alpha value is -0.950. The lowest BCUT2D eigenvalue weighted by Crippen LogP contribution is -2.41. The third-order valence-corrected chi connectivity index (χ3v) is 7.32. The highest BCUT2D eigenvalue weighted by molar-refractivity contribution is 7.85. The van der Waals surface area contributed by atoms with E-state index in [-0.39, 0.29) is 10.3 Å². The molecular weight excluding hydrogens is 352 g/mol. The Morgan fingerprint density at radius 2 is 1.77 bits per heavy atom. The third kappa shape index (κ3) is 3.84. The van der Waals surface area contributed by atoms with Gasteiger partial charge in [0.15, 0.2) is 5.79 Å². The Kier molecular flexibility index (Phi) is 4.66. The molecule has 6 heteroatoms. The summed E-state index contributed by atoms with van der Waals surface area (Å²) < 4.78 is 45.2. The predicted octanol–water partition coefficient (Wildman–Crippen LogP) is 3.89. The number of hydrogen-bond donors (Lipinski definition) is 1. The maximum absolute atomic E-state index is 11.9. The van der Waals surface area contributed by atoms with E-state index in [2.05, 4.69) is 0 Å². The molecule has 4 rings (SSSR count). The number of benzene rings is 1. The normalized spacial score (nSPS) is 24.8. The summed E-state index contributed by atoms with van der Waals surface area (Å²) in [5.41, 5.74) is 1.83. The van der Waals surface area contributed by atoms with Crippen LogP contribution < -0.4 is 0 Å². The van der Waals surface area contributed by atoms with Crippen LogP contribution in [0.4, 0.5) is 0 Å². The molecule has 0 aromatic heterocycles. The van der Waals surface area contributed by atoms with Crippen molar-refractivity contribution >= 4 is 10.1 Å². The fourth-order valence-corrected chi connectivity index (χ4v) is 5.54. The molecule has 0 atom stereocenters. The highest BCUT2D eigenvalue weighted by Gasteiger charge is 2.48. The zero-order valence-corrected chi connectivity index (χ0v) is 16.2. The summed E-state index contributed by atoms with van der Waals surface area (Å²) in [6.45, 7) is 3.29.